The van der Waals surface area contributed by atoms with E-state index in [1.165, 1.54) is 33.4 Å². The first-order valence-electron chi connectivity index (χ1n) is 9.15. The van der Waals surface area contributed by atoms with Crippen molar-refractivity contribution in [3.05, 3.63) is 107 Å². The van der Waals surface area contributed by atoms with Crippen molar-refractivity contribution in [2.75, 3.05) is 0 Å². The second kappa shape index (κ2) is 7.98. The molecule has 0 aliphatic heterocycles. The summed E-state index contributed by atoms with van der Waals surface area (Å²) >= 11 is 0. The van der Waals surface area contributed by atoms with Gasteiger partial charge in [0.05, 0.1) is 0 Å². The molecule has 0 bridgehead atoms. The second-order valence-electron chi connectivity index (χ2n) is 6.72. The number of allylic oxidation sites excluding steroid dienone is 1. The topological polar surface area (TPSA) is 0 Å². The van der Waals surface area contributed by atoms with Gasteiger partial charge < -0.3 is 0 Å². The van der Waals surface area contributed by atoms with E-state index < -0.39 is 0 Å². The van der Waals surface area contributed by atoms with Gasteiger partial charge in [0.25, 0.3) is 0 Å². The highest BCUT2D eigenvalue weighted by Gasteiger charge is 2.13. The van der Waals surface area contributed by atoms with E-state index in [2.05, 4.69) is 106 Å². The quantitative estimate of drug-likeness (QED) is 0.436. The van der Waals surface area contributed by atoms with Crippen molar-refractivity contribution in [2.24, 2.45) is 0 Å². The first-order chi connectivity index (χ1) is 12.2. The second-order valence-corrected chi connectivity index (χ2v) is 6.72. The van der Waals surface area contributed by atoms with Gasteiger partial charge in [-0.3, -0.25) is 0 Å². The molecule has 0 aliphatic rings. The van der Waals surface area contributed by atoms with E-state index in [9.17, 15) is 0 Å². The molecular weight excluding hydrogens is 300 g/mol. The molecule has 126 valence electrons. The summed E-state index contributed by atoms with van der Waals surface area (Å²) in [6.07, 6.45) is 1.00. The molecule has 0 fully saturated rings. The van der Waals surface area contributed by atoms with Crippen molar-refractivity contribution in [3.8, 4) is 0 Å². The van der Waals surface area contributed by atoms with Gasteiger partial charge in [0.2, 0.25) is 0 Å². The van der Waals surface area contributed by atoms with Crippen LogP contribution in [-0.2, 0) is 0 Å². The number of hydrogen-bond donors (Lipinski definition) is 0. The van der Waals surface area contributed by atoms with Crippen molar-refractivity contribution >= 4 is 11.1 Å². The zero-order valence-corrected chi connectivity index (χ0v) is 15.4. The molecule has 3 aromatic rings. The van der Waals surface area contributed by atoms with Crippen molar-refractivity contribution < 1.29 is 0 Å². The Labute approximate surface area is 151 Å². The van der Waals surface area contributed by atoms with Crippen LogP contribution in [-0.4, -0.2) is 0 Å². The van der Waals surface area contributed by atoms with E-state index >= 15 is 0 Å². The van der Waals surface area contributed by atoms with E-state index in [0.29, 0.717) is 5.92 Å². The third-order valence-electron chi connectivity index (χ3n) is 4.71. The fraction of sp³-hybridized carbons (Fsp3) is 0.200. The molecule has 0 unspecified atom stereocenters. The highest BCUT2D eigenvalue weighted by molar-refractivity contribution is 5.98. The summed E-state index contributed by atoms with van der Waals surface area (Å²) in [4.78, 5) is 0. The maximum absolute atomic E-state index is 2.27. The lowest BCUT2D eigenvalue weighted by atomic mass is 9.87. The molecule has 3 aromatic carbocycles. The van der Waals surface area contributed by atoms with Crippen molar-refractivity contribution in [1.82, 2.24) is 0 Å². The molecule has 0 amide bonds. The minimum absolute atomic E-state index is 0.554. The first-order valence-corrected chi connectivity index (χ1v) is 9.15. The Kier molecular flexibility index (Phi) is 5.50. The van der Waals surface area contributed by atoms with Gasteiger partial charge in [-0.2, -0.15) is 0 Å². The van der Waals surface area contributed by atoms with E-state index in [0.717, 1.165) is 6.42 Å². The Bertz CT molecular complexity index is 822. The van der Waals surface area contributed by atoms with Gasteiger partial charge in [-0.25, -0.2) is 0 Å². The lowest BCUT2D eigenvalue weighted by Crippen LogP contribution is -1.96. The largest absolute Gasteiger partial charge is 0.0622 e. The molecule has 0 N–H and O–H groups in total. The molecule has 0 aromatic heterocycles. The van der Waals surface area contributed by atoms with Gasteiger partial charge in [-0.05, 0) is 45.7 Å². The minimum Gasteiger partial charge on any atom is -0.0622 e. The minimum atomic E-state index is 0.554. The maximum atomic E-state index is 2.27. The first kappa shape index (κ1) is 17.2. The van der Waals surface area contributed by atoms with Crippen molar-refractivity contribution in [2.45, 2.75) is 33.1 Å². The van der Waals surface area contributed by atoms with Crippen LogP contribution in [0.1, 0.15) is 55.4 Å². The highest BCUT2D eigenvalue weighted by Crippen LogP contribution is 2.34. The molecular formula is C25H26. The number of rotatable bonds is 5. The molecule has 0 saturated carbocycles. The fourth-order valence-corrected chi connectivity index (χ4v) is 3.32. The summed E-state index contributed by atoms with van der Waals surface area (Å²) in [5.41, 5.74) is 7.98. The normalized spacial score (nSPS) is 12.2. The van der Waals surface area contributed by atoms with Crippen LogP contribution in [0.25, 0.3) is 11.1 Å². The van der Waals surface area contributed by atoms with Crippen LogP contribution < -0.4 is 0 Å². The molecule has 0 radical (unpaired) electrons. The van der Waals surface area contributed by atoms with Gasteiger partial charge in [0.1, 0.15) is 0 Å². The van der Waals surface area contributed by atoms with Crippen LogP contribution in [0.5, 0.6) is 0 Å². The Morgan fingerprint density at radius 2 is 1.12 bits per heavy atom. The van der Waals surface area contributed by atoms with E-state index in [1.807, 2.05) is 0 Å². The van der Waals surface area contributed by atoms with Crippen molar-refractivity contribution in [3.63, 3.8) is 0 Å². The fourth-order valence-electron chi connectivity index (χ4n) is 3.32. The van der Waals surface area contributed by atoms with Crippen molar-refractivity contribution in [1.29, 1.82) is 0 Å². The van der Waals surface area contributed by atoms with Crippen LogP contribution in [0, 0.1) is 0 Å². The van der Waals surface area contributed by atoms with Gasteiger partial charge >= 0.3 is 0 Å². The number of hydrogen-bond acceptors (Lipinski definition) is 0. The smallest absolute Gasteiger partial charge is 0.00735 e. The predicted molar refractivity (Wildman–Crippen MR) is 110 cm³/mol. The van der Waals surface area contributed by atoms with Gasteiger partial charge in [-0.1, -0.05) is 106 Å². The monoisotopic (exact) mass is 326 g/mol. The molecule has 0 nitrogen and oxygen atoms in total. The maximum Gasteiger partial charge on any atom is -0.00735 e. The van der Waals surface area contributed by atoms with Gasteiger partial charge in [-0.15, -0.1) is 0 Å². The molecule has 25 heavy (non-hydrogen) atoms. The van der Waals surface area contributed by atoms with Crippen LogP contribution in [0.2, 0.25) is 0 Å². The van der Waals surface area contributed by atoms with Crippen LogP contribution >= 0.6 is 0 Å². The third kappa shape index (κ3) is 3.91. The van der Waals surface area contributed by atoms with Crippen LogP contribution in [0.4, 0.5) is 0 Å². The summed E-state index contributed by atoms with van der Waals surface area (Å²) in [7, 11) is 0. The summed E-state index contributed by atoms with van der Waals surface area (Å²) in [5.74, 6) is 0.554. The molecule has 0 spiro atoms. The van der Waals surface area contributed by atoms with E-state index in [-0.39, 0.29) is 0 Å². The van der Waals surface area contributed by atoms with Crippen LogP contribution in [0.15, 0.2) is 84.9 Å². The highest BCUT2D eigenvalue weighted by atomic mass is 14.2. The summed E-state index contributed by atoms with van der Waals surface area (Å²) in [6.45, 7) is 6.72. The van der Waals surface area contributed by atoms with E-state index in [4.69, 9.17) is 0 Å². The summed E-state index contributed by atoms with van der Waals surface area (Å²) in [5, 5.41) is 0. The molecule has 0 atom stereocenters. The zero-order valence-electron chi connectivity index (χ0n) is 15.4. The van der Waals surface area contributed by atoms with Gasteiger partial charge in [0.15, 0.2) is 0 Å². The zero-order chi connectivity index (χ0) is 17.6. The lowest BCUT2D eigenvalue weighted by Gasteiger charge is -2.17. The predicted octanol–water partition coefficient (Wildman–Crippen LogP) is 7.18. The molecule has 0 heteroatoms. The Balaban J connectivity index is 2.21. The standard InChI is InChI=1S/C25H26/c1-4-24(21-11-7-5-8-12-21)25(22-13-9-6-10-14-22)23-17-15-20(16-18-23)19(2)3/h5-19H,4H2,1-3H3/b25-24-. The molecule has 3 rings (SSSR count). The van der Waals surface area contributed by atoms with E-state index in [1.54, 1.807) is 0 Å². The Morgan fingerprint density at radius 1 is 0.640 bits per heavy atom. The third-order valence-corrected chi connectivity index (χ3v) is 4.71. The average Bonchev–Trinajstić information content (AvgIpc) is 2.67. The Morgan fingerprint density at radius 3 is 1.60 bits per heavy atom. The average molecular weight is 326 g/mol. The molecule has 0 aliphatic carbocycles. The Hall–Kier alpha value is -2.60. The molecule has 0 saturated heterocycles. The van der Waals surface area contributed by atoms with Crippen LogP contribution in [0.3, 0.4) is 0 Å². The molecule has 0 heterocycles. The van der Waals surface area contributed by atoms with Gasteiger partial charge in [0, 0.05) is 0 Å². The SMILES string of the molecule is CC/C(=C(\c1ccccc1)c1ccc(C(C)C)cc1)c1ccccc1. The number of benzene rings is 3. The summed E-state index contributed by atoms with van der Waals surface area (Å²) < 4.78 is 0. The summed E-state index contributed by atoms with van der Waals surface area (Å²) in [6, 6.07) is 30.6. The lowest BCUT2D eigenvalue weighted by molar-refractivity contribution is 0.866.